The SMILES string of the molecule is CC(C)[C@H]1NC(=O)Cc2cccc(c2)OCCn2cc(nn2)CCN(C(=O)c2nn(C)c3c2CCCC3)CCNC(=O)[C@H](Cc2ccccc2)NC1=O. The Labute approximate surface area is 309 Å². The summed E-state index contributed by atoms with van der Waals surface area (Å²) in [6.07, 6.45) is 6.32. The van der Waals surface area contributed by atoms with Gasteiger partial charge in [0.15, 0.2) is 5.69 Å². The Balaban J connectivity index is 1.26. The van der Waals surface area contributed by atoms with Gasteiger partial charge in [0.05, 0.1) is 18.7 Å². The molecule has 0 unspecified atom stereocenters. The van der Waals surface area contributed by atoms with Crippen LogP contribution in [0, 0.1) is 5.92 Å². The van der Waals surface area contributed by atoms with Crippen molar-refractivity contribution in [2.24, 2.45) is 13.0 Å². The first-order valence-corrected chi connectivity index (χ1v) is 18.5. The summed E-state index contributed by atoms with van der Waals surface area (Å²) in [7, 11) is 1.88. The molecule has 53 heavy (non-hydrogen) atoms. The standard InChI is InChI=1S/C39H49N9O5/c1-26(2)35-38(51)41-32(23-27-10-5-4-6-11-27)37(50)40-17-19-47(39(52)36-31-14-7-8-15-33(31)46(3)44-36)18-16-29-25-48(45-43-29)20-21-53-30-13-9-12-28(22-30)24-34(49)42-35/h4-6,9-13,22,25-26,32,35H,7-8,14-21,23-24H2,1-3H3,(H,40,50)(H,41,51)(H,42,49)/t32-,35+/m0/s1. The van der Waals surface area contributed by atoms with Gasteiger partial charge in [-0.15, -0.1) is 5.10 Å². The normalized spacial score (nSPS) is 19.4. The van der Waals surface area contributed by atoms with Crippen LogP contribution in [0.2, 0.25) is 0 Å². The van der Waals surface area contributed by atoms with Crippen LogP contribution in [0.5, 0.6) is 5.75 Å². The summed E-state index contributed by atoms with van der Waals surface area (Å²) in [5.74, 6) is -1.02. The van der Waals surface area contributed by atoms with Crippen LogP contribution in [0.25, 0.3) is 0 Å². The van der Waals surface area contributed by atoms with Crippen molar-refractivity contribution in [1.82, 2.24) is 45.6 Å². The monoisotopic (exact) mass is 723 g/mol. The summed E-state index contributed by atoms with van der Waals surface area (Å²) in [5.41, 5.74) is 4.85. The molecule has 0 fully saturated rings. The molecule has 14 heteroatoms. The van der Waals surface area contributed by atoms with Crippen LogP contribution in [0.15, 0.2) is 60.8 Å². The molecule has 1 aliphatic carbocycles. The lowest BCUT2D eigenvalue weighted by Gasteiger charge is -2.26. The second-order valence-electron chi connectivity index (χ2n) is 14.1. The molecule has 2 aliphatic rings. The molecule has 2 atom stereocenters. The number of aromatic nitrogens is 5. The molecule has 0 saturated heterocycles. The Hall–Kier alpha value is -5.53. The lowest BCUT2D eigenvalue weighted by Crippen LogP contribution is -2.56. The van der Waals surface area contributed by atoms with Crippen molar-refractivity contribution in [3.8, 4) is 5.75 Å². The largest absolute Gasteiger partial charge is 0.492 e. The number of fused-ring (bicyclic) bond motifs is 5. The summed E-state index contributed by atoms with van der Waals surface area (Å²) < 4.78 is 9.50. The highest BCUT2D eigenvalue weighted by Crippen LogP contribution is 2.25. The van der Waals surface area contributed by atoms with Crippen LogP contribution in [0.1, 0.15) is 65.3 Å². The summed E-state index contributed by atoms with van der Waals surface area (Å²) in [6.45, 7) is 5.16. The topological polar surface area (TPSA) is 165 Å². The smallest absolute Gasteiger partial charge is 0.274 e. The molecule has 4 bridgehead atoms. The van der Waals surface area contributed by atoms with Gasteiger partial charge in [-0.25, -0.2) is 4.68 Å². The van der Waals surface area contributed by atoms with Crippen molar-refractivity contribution in [2.75, 3.05) is 26.2 Å². The lowest BCUT2D eigenvalue weighted by molar-refractivity contribution is -0.132. The fourth-order valence-corrected chi connectivity index (χ4v) is 6.93. The van der Waals surface area contributed by atoms with Crippen LogP contribution in [0.4, 0.5) is 0 Å². The molecule has 14 nitrogen and oxygen atoms in total. The van der Waals surface area contributed by atoms with Crippen molar-refractivity contribution in [2.45, 2.75) is 77.4 Å². The minimum Gasteiger partial charge on any atom is -0.492 e. The van der Waals surface area contributed by atoms with E-state index >= 15 is 0 Å². The predicted molar refractivity (Wildman–Crippen MR) is 197 cm³/mol. The molecule has 0 saturated carbocycles. The molecule has 1 aliphatic heterocycles. The van der Waals surface area contributed by atoms with E-state index in [-0.39, 0.29) is 43.7 Å². The Kier molecular flexibility index (Phi) is 12.2. The molecule has 0 radical (unpaired) electrons. The van der Waals surface area contributed by atoms with E-state index in [0.717, 1.165) is 48.1 Å². The first-order valence-electron chi connectivity index (χ1n) is 18.5. The average Bonchev–Trinajstić information content (AvgIpc) is 3.75. The number of benzene rings is 2. The fourth-order valence-electron chi connectivity index (χ4n) is 6.93. The second-order valence-corrected chi connectivity index (χ2v) is 14.1. The van der Waals surface area contributed by atoms with Crippen LogP contribution in [0.3, 0.4) is 0 Å². The van der Waals surface area contributed by atoms with E-state index in [9.17, 15) is 19.2 Å². The highest BCUT2D eigenvalue weighted by Gasteiger charge is 2.30. The number of ether oxygens (including phenoxy) is 1. The minimum atomic E-state index is -0.930. The van der Waals surface area contributed by atoms with Crippen LogP contribution < -0.4 is 20.7 Å². The van der Waals surface area contributed by atoms with Crippen molar-refractivity contribution < 1.29 is 23.9 Å². The number of amides is 4. The predicted octanol–water partition coefficient (Wildman–Crippen LogP) is 2.19. The third-order valence-corrected chi connectivity index (χ3v) is 9.79. The van der Waals surface area contributed by atoms with E-state index in [0.29, 0.717) is 43.3 Å². The minimum absolute atomic E-state index is 0.0462. The average molecular weight is 724 g/mol. The van der Waals surface area contributed by atoms with Crippen molar-refractivity contribution in [3.05, 3.63) is 94.6 Å². The molecule has 3 heterocycles. The fraction of sp³-hybridized carbons (Fsp3) is 0.462. The van der Waals surface area contributed by atoms with Crippen LogP contribution in [-0.2, 0) is 60.1 Å². The van der Waals surface area contributed by atoms with Gasteiger partial charge in [0.25, 0.3) is 5.91 Å². The molecular weight excluding hydrogens is 674 g/mol. The quantitative estimate of drug-likeness (QED) is 0.289. The van der Waals surface area contributed by atoms with Crippen LogP contribution in [-0.4, -0.2) is 91.6 Å². The second kappa shape index (κ2) is 17.3. The van der Waals surface area contributed by atoms with Crippen molar-refractivity contribution in [3.63, 3.8) is 0 Å². The van der Waals surface area contributed by atoms with Gasteiger partial charge in [0, 0.05) is 57.0 Å². The zero-order chi connectivity index (χ0) is 37.3. The number of nitrogens with one attached hydrogen (secondary N) is 3. The van der Waals surface area contributed by atoms with E-state index in [1.165, 1.54) is 0 Å². The molecule has 0 spiro atoms. The Morgan fingerprint density at radius 3 is 2.57 bits per heavy atom. The van der Waals surface area contributed by atoms with E-state index < -0.39 is 23.9 Å². The van der Waals surface area contributed by atoms with Crippen LogP contribution >= 0.6 is 0 Å². The first kappa shape index (κ1) is 37.2. The maximum Gasteiger partial charge on any atom is 0.274 e. The molecular formula is C39H49N9O5. The van der Waals surface area contributed by atoms with E-state index in [1.807, 2.05) is 80.3 Å². The highest BCUT2D eigenvalue weighted by atomic mass is 16.5. The molecule has 4 amide bonds. The molecule has 280 valence electrons. The third-order valence-electron chi connectivity index (χ3n) is 9.79. The molecule has 2 aromatic heterocycles. The van der Waals surface area contributed by atoms with Gasteiger partial charge in [-0.1, -0.05) is 61.5 Å². The maximum atomic E-state index is 14.1. The molecule has 6 rings (SSSR count). The molecule has 3 N–H and O–H groups in total. The highest BCUT2D eigenvalue weighted by molar-refractivity contribution is 5.94. The van der Waals surface area contributed by atoms with E-state index in [1.54, 1.807) is 15.6 Å². The Bertz CT molecular complexity index is 1900. The Morgan fingerprint density at radius 2 is 1.75 bits per heavy atom. The number of carbonyl (C=O) groups is 4. The number of hydrogen-bond acceptors (Lipinski definition) is 8. The summed E-state index contributed by atoms with van der Waals surface area (Å²) in [5, 5.41) is 22.0. The first-order chi connectivity index (χ1) is 25.6. The number of nitrogens with zero attached hydrogens (tertiary/aromatic N) is 6. The molecule has 2 aromatic carbocycles. The van der Waals surface area contributed by atoms with Crippen molar-refractivity contribution in [1.29, 1.82) is 0 Å². The van der Waals surface area contributed by atoms with Gasteiger partial charge in [-0.2, -0.15) is 5.10 Å². The van der Waals surface area contributed by atoms with Gasteiger partial charge in [-0.3, -0.25) is 23.9 Å². The van der Waals surface area contributed by atoms with Gasteiger partial charge in [-0.05, 0) is 54.9 Å². The van der Waals surface area contributed by atoms with Gasteiger partial charge < -0.3 is 25.6 Å². The Morgan fingerprint density at radius 1 is 0.943 bits per heavy atom. The summed E-state index contributed by atoms with van der Waals surface area (Å²) in [6, 6.07) is 14.9. The van der Waals surface area contributed by atoms with Gasteiger partial charge >= 0.3 is 0 Å². The zero-order valence-corrected chi connectivity index (χ0v) is 30.7. The third kappa shape index (κ3) is 9.67. The van der Waals surface area contributed by atoms with Gasteiger partial charge in [0.2, 0.25) is 17.7 Å². The van der Waals surface area contributed by atoms with E-state index in [4.69, 9.17) is 4.74 Å². The number of hydrogen-bond donors (Lipinski definition) is 3. The number of rotatable bonds is 4. The molecule has 4 aromatic rings. The van der Waals surface area contributed by atoms with E-state index in [2.05, 4.69) is 31.4 Å². The lowest BCUT2D eigenvalue weighted by atomic mass is 9.95. The maximum absolute atomic E-state index is 14.1. The summed E-state index contributed by atoms with van der Waals surface area (Å²) in [4.78, 5) is 56.7. The summed E-state index contributed by atoms with van der Waals surface area (Å²) >= 11 is 0. The zero-order valence-electron chi connectivity index (χ0n) is 30.7. The van der Waals surface area contributed by atoms with Gasteiger partial charge in [0.1, 0.15) is 24.4 Å². The number of carbonyl (C=O) groups excluding carboxylic acids is 4. The van der Waals surface area contributed by atoms with Crippen molar-refractivity contribution >= 4 is 23.6 Å². The number of aryl methyl sites for hydroxylation is 1.